The summed E-state index contributed by atoms with van der Waals surface area (Å²) in [6, 6.07) is 14.8. The van der Waals surface area contributed by atoms with Crippen molar-refractivity contribution in [2.75, 3.05) is 26.3 Å². The Morgan fingerprint density at radius 1 is 0.967 bits per heavy atom. The van der Waals surface area contributed by atoms with Crippen molar-refractivity contribution < 1.29 is 22.7 Å². The van der Waals surface area contributed by atoms with Crippen molar-refractivity contribution in [3.63, 3.8) is 0 Å². The highest BCUT2D eigenvalue weighted by atomic mass is 32.2. The minimum absolute atomic E-state index is 0.00514. The van der Waals surface area contributed by atoms with E-state index in [0.29, 0.717) is 51.4 Å². The van der Waals surface area contributed by atoms with E-state index in [1.54, 1.807) is 0 Å². The molecule has 0 bridgehead atoms. The van der Waals surface area contributed by atoms with E-state index in [-0.39, 0.29) is 17.6 Å². The molecule has 2 aromatic rings. The molecule has 1 saturated heterocycles. The highest BCUT2D eigenvalue weighted by molar-refractivity contribution is 7.88. The lowest BCUT2D eigenvalue weighted by molar-refractivity contribution is -0.126. The van der Waals surface area contributed by atoms with Gasteiger partial charge in [-0.25, -0.2) is 12.7 Å². The van der Waals surface area contributed by atoms with Crippen LogP contribution in [0.4, 0.5) is 0 Å². The Bertz CT molecular complexity index is 986. The van der Waals surface area contributed by atoms with Crippen molar-refractivity contribution in [1.29, 1.82) is 0 Å². The van der Waals surface area contributed by atoms with Gasteiger partial charge in [0.2, 0.25) is 15.9 Å². The molecule has 4 rings (SSSR count). The number of amides is 1. The number of carbonyl (C=O) groups is 1. The summed E-state index contributed by atoms with van der Waals surface area (Å²) in [4.78, 5) is 12.6. The summed E-state index contributed by atoms with van der Waals surface area (Å²) in [5.74, 6) is 1.20. The van der Waals surface area contributed by atoms with Gasteiger partial charge in [-0.2, -0.15) is 0 Å². The molecular weight excluding hydrogens is 404 g/mol. The van der Waals surface area contributed by atoms with Gasteiger partial charge in [-0.15, -0.1) is 0 Å². The maximum Gasteiger partial charge on any atom is 0.223 e. The molecule has 2 aliphatic heterocycles. The van der Waals surface area contributed by atoms with E-state index in [2.05, 4.69) is 5.32 Å². The molecule has 160 valence electrons. The fourth-order valence-corrected chi connectivity index (χ4v) is 5.37. The number of rotatable bonds is 6. The van der Waals surface area contributed by atoms with Gasteiger partial charge in [0.25, 0.3) is 0 Å². The van der Waals surface area contributed by atoms with Crippen LogP contribution < -0.4 is 14.8 Å². The molecule has 0 aromatic heterocycles. The number of nitrogens with one attached hydrogen (secondary N) is 1. The average molecular weight is 431 g/mol. The van der Waals surface area contributed by atoms with E-state index in [1.165, 1.54) is 4.31 Å². The Hall–Kier alpha value is -2.58. The number of ether oxygens (including phenoxy) is 2. The third kappa shape index (κ3) is 4.94. The first-order chi connectivity index (χ1) is 14.5. The van der Waals surface area contributed by atoms with Crippen LogP contribution in [0.2, 0.25) is 0 Å². The molecule has 2 aromatic carbocycles. The van der Waals surface area contributed by atoms with E-state index in [9.17, 15) is 13.2 Å². The maximum atomic E-state index is 12.7. The van der Waals surface area contributed by atoms with Gasteiger partial charge in [0.1, 0.15) is 13.2 Å². The van der Waals surface area contributed by atoms with Crippen molar-refractivity contribution in [2.45, 2.75) is 25.1 Å². The van der Waals surface area contributed by atoms with Crippen molar-refractivity contribution in [3.05, 3.63) is 59.7 Å². The molecule has 1 amide bonds. The van der Waals surface area contributed by atoms with Crippen LogP contribution in [0.5, 0.6) is 11.5 Å². The second kappa shape index (κ2) is 9.06. The SMILES string of the molecule is O=C(NCc1ccc2c(c1)OCCO2)C1CCN(S(=O)(=O)Cc2ccccc2)CC1. The number of nitrogens with zero attached hydrogens (tertiary/aromatic N) is 1. The summed E-state index contributed by atoms with van der Waals surface area (Å²) < 4.78 is 37.9. The predicted octanol–water partition coefficient (Wildman–Crippen LogP) is 2.32. The molecule has 2 heterocycles. The van der Waals surface area contributed by atoms with Crippen LogP contribution in [0.25, 0.3) is 0 Å². The Morgan fingerprint density at radius 2 is 1.67 bits per heavy atom. The van der Waals surface area contributed by atoms with Crippen molar-refractivity contribution >= 4 is 15.9 Å². The topological polar surface area (TPSA) is 84.9 Å². The molecular formula is C22H26N2O5S. The molecule has 1 fully saturated rings. The number of piperidine rings is 1. The summed E-state index contributed by atoms with van der Waals surface area (Å²) in [5.41, 5.74) is 1.72. The molecule has 0 spiro atoms. The van der Waals surface area contributed by atoms with E-state index in [4.69, 9.17) is 9.47 Å². The van der Waals surface area contributed by atoms with Crippen LogP contribution in [0.15, 0.2) is 48.5 Å². The van der Waals surface area contributed by atoms with Crippen LogP contribution in [0.1, 0.15) is 24.0 Å². The van der Waals surface area contributed by atoms with Crippen LogP contribution in [0, 0.1) is 5.92 Å². The minimum atomic E-state index is -3.37. The van der Waals surface area contributed by atoms with Crippen molar-refractivity contribution in [1.82, 2.24) is 9.62 Å². The Kier molecular flexibility index (Phi) is 6.24. The molecule has 2 aliphatic rings. The molecule has 1 N–H and O–H groups in total. The minimum Gasteiger partial charge on any atom is -0.486 e. The molecule has 30 heavy (non-hydrogen) atoms. The standard InChI is InChI=1S/C22H26N2O5S/c25-22(23-15-18-6-7-20-21(14-18)29-13-12-28-20)19-8-10-24(11-9-19)30(26,27)16-17-4-2-1-3-5-17/h1-7,14,19H,8-13,15-16H2,(H,23,25). The number of hydrogen-bond donors (Lipinski definition) is 1. The fourth-order valence-electron chi connectivity index (χ4n) is 3.80. The van der Waals surface area contributed by atoms with Gasteiger partial charge < -0.3 is 14.8 Å². The monoisotopic (exact) mass is 430 g/mol. The lowest BCUT2D eigenvalue weighted by Crippen LogP contribution is -2.43. The van der Waals surface area contributed by atoms with E-state index < -0.39 is 10.0 Å². The number of sulfonamides is 1. The Labute approximate surface area is 177 Å². The third-order valence-electron chi connectivity index (χ3n) is 5.48. The first-order valence-electron chi connectivity index (χ1n) is 10.2. The molecule has 0 unspecified atom stereocenters. The van der Waals surface area contributed by atoms with Gasteiger partial charge in [0.05, 0.1) is 5.75 Å². The summed E-state index contributed by atoms with van der Waals surface area (Å²) in [7, 11) is -3.37. The van der Waals surface area contributed by atoms with Crippen molar-refractivity contribution in [3.8, 4) is 11.5 Å². The normalized spacial score (nSPS) is 17.5. The fraction of sp³-hybridized carbons (Fsp3) is 0.409. The first-order valence-corrected chi connectivity index (χ1v) is 11.8. The van der Waals surface area contributed by atoms with E-state index >= 15 is 0 Å². The van der Waals surface area contributed by atoms with Gasteiger partial charge in [0, 0.05) is 25.6 Å². The predicted molar refractivity (Wildman–Crippen MR) is 113 cm³/mol. The smallest absolute Gasteiger partial charge is 0.223 e. The average Bonchev–Trinajstić information content (AvgIpc) is 2.78. The largest absolute Gasteiger partial charge is 0.486 e. The second-order valence-electron chi connectivity index (χ2n) is 7.61. The zero-order chi connectivity index (χ0) is 21.0. The highest BCUT2D eigenvalue weighted by Gasteiger charge is 2.31. The van der Waals surface area contributed by atoms with Gasteiger partial charge in [-0.1, -0.05) is 36.4 Å². The maximum absolute atomic E-state index is 12.7. The number of hydrogen-bond acceptors (Lipinski definition) is 5. The van der Waals surface area contributed by atoms with Crippen LogP contribution in [-0.2, 0) is 27.1 Å². The summed E-state index contributed by atoms with van der Waals surface area (Å²) in [6.45, 7) is 2.22. The van der Waals surface area contributed by atoms with Crippen LogP contribution >= 0.6 is 0 Å². The molecule has 7 nitrogen and oxygen atoms in total. The zero-order valence-corrected chi connectivity index (χ0v) is 17.6. The molecule has 8 heteroatoms. The second-order valence-corrected chi connectivity index (χ2v) is 9.58. The molecule has 0 atom stereocenters. The molecule has 0 aliphatic carbocycles. The lowest BCUT2D eigenvalue weighted by Gasteiger charge is -2.30. The van der Waals surface area contributed by atoms with Gasteiger partial charge >= 0.3 is 0 Å². The molecule has 0 radical (unpaired) electrons. The molecule has 0 saturated carbocycles. The number of fused-ring (bicyclic) bond motifs is 1. The van der Waals surface area contributed by atoms with Crippen molar-refractivity contribution in [2.24, 2.45) is 5.92 Å². The van der Waals surface area contributed by atoms with Gasteiger partial charge in [-0.05, 0) is 36.1 Å². The Balaban J connectivity index is 1.27. The quantitative estimate of drug-likeness (QED) is 0.760. The van der Waals surface area contributed by atoms with Gasteiger partial charge in [-0.3, -0.25) is 4.79 Å². The van der Waals surface area contributed by atoms with Crippen LogP contribution in [0.3, 0.4) is 0 Å². The van der Waals surface area contributed by atoms with E-state index in [1.807, 2.05) is 48.5 Å². The number of carbonyl (C=O) groups excluding carboxylic acids is 1. The first kappa shape index (κ1) is 20.7. The third-order valence-corrected chi connectivity index (χ3v) is 7.33. The highest BCUT2D eigenvalue weighted by Crippen LogP contribution is 2.30. The lowest BCUT2D eigenvalue weighted by atomic mass is 9.97. The zero-order valence-electron chi connectivity index (χ0n) is 16.7. The summed E-state index contributed by atoms with van der Waals surface area (Å²) >= 11 is 0. The Morgan fingerprint density at radius 3 is 2.40 bits per heavy atom. The van der Waals surface area contributed by atoms with E-state index in [0.717, 1.165) is 16.9 Å². The summed E-state index contributed by atoms with van der Waals surface area (Å²) in [6.07, 6.45) is 1.06. The van der Waals surface area contributed by atoms with Gasteiger partial charge in [0.15, 0.2) is 11.5 Å². The van der Waals surface area contributed by atoms with Crippen LogP contribution in [-0.4, -0.2) is 44.9 Å². The summed E-state index contributed by atoms with van der Waals surface area (Å²) in [5, 5.41) is 2.97. The number of benzene rings is 2.